The van der Waals surface area contributed by atoms with Gasteiger partial charge >= 0.3 is 29.6 Å². The molecule has 0 aliphatic heterocycles. The van der Waals surface area contributed by atoms with E-state index in [1.54, 1.807) is 24.3 Å². The van der Waals surface area contributed by atoms with Crippen LogP contribution in [0.4, 0.5) is 5.69 Å². The molecule has 10 heteroatoms. The summed E-state index contributed by atoms with van der Waals surface area (Å²) < 4.78 is 32.7. The predicted molar refractivity (Wildman–Crippen MR) is 80.9 cm³/mol. The molecule has 0 saturated carbocycles. The Morgan fingerprint density at radius 2 is 1.38 bits per heavy atom. The Bertz CT molecular complexity index is 947. The molecule has 1 aromatic heterocycles. The summed E-state index contributed by atoms with van der Waals surface area (Å²) in [4.78, 5) is -0.323. The van der Waals surface area contributed by atoms with Crippen LogP contribution in [0.1, 0.15) is 0 Å². The van der Waals surface area contributed by atoms with Crippen LogP contribution in [0.15, 0.2) is 53.4 Å². The smallest absolute Gasteiger partial charge is 0.744 e. The van der Waals surface area contributed by atoms with Gasteiger partial charge in [-0.1, -0.05) is 12.1 Å². The van der Waals surface area contributed by atoms with Crippen molar-refractivity contribution in [1.82, 2.24) is 20.4 Å². The molecule has 0 radical (unpaired) electrons. The number of para-hydroxylation sites is 1. The fourth-order valence-electron chi connectivity index (χ4n) is 1.92. The second-order valence-corrected chi connectivity index (χ2v) is 5.99. The van der Waals surface area contributed by atoms with Gasteiger partial charge < -0.3 is 10.3 Å². The fourth-order valence-corrected chi connectivity index (χ4v) is 2.39. The standard InChI is InChI=1S/C14H11N5O3S.Na/c15-12-4-2-1-3-11(12)14-18-16-13(17-19-14)9-5-7-10(8-6-9)23(20,21)22;/h1-8H,15H2,(H,20,21,22);/q;+1/p-1. The van der Waals surface area contributed by atoms with Crippen LogP contribution in [0.25, 0.3) is 22.8 Å². The third-order valence-corrected chi connectivity index (χ3v) is 3.93. The molecular formula is C14H10N5NaO3S. The molecule has 1 heterocycles. The topological polar surface area (TPSA) is 135 Å². The number of hydrogen-bond donors (Lipinski definition) is 1. The van der Waals surface area contributed by atoms with Gasteiger partial charge in [0.1, 0.15) is 10.1 Å². The van der Waals surface area contributed by atoms with Crippen molar-refractivity contribution in [2.24, 2.45) is 0 Å². The van der Waals surface area contributed by atoms with Crippen molar-refractivity contribution >= 4 is 15.8 Å². The summed E-state index contributed by atoms with van der Waals surface area (Å²) >= 11 is 0. The minimum Gasteiger partial charge on any atom is -0.744 e. The summed E-state index contributed by atoms with van der Waals surface area (Å²) in [5.74, 6) is 0.490. The van der Waals surface area contributed by atoms with Crippen LogP contribution in [-0.4, -0.2) is 33.4 Å². The number of aromatic nitrogens is 4. The van der Waals surface area contributed by atoms with Gasteiger partial charge in [0.15, 0.2) is 0 Å². The van der Waals surface area contributed by atoms with Crippen molar-refractivity contribution in [3.8, 4) is 22.8 Å². The summed E-state index contributed by atoms with van der Waals surface area (Å²) in [6, 6.07) is 12.3. The van der Waals surface area contributed by atoms with Crippen LogP contribution in [-0.2, 0) is 10.1 Å². The average molecular weight is 351 g/mol. The predicted octanol–water partition coefficient (Wildman–Crippen LogP) is -1.91. The van der Waals surface area contributed by atoms with Gasteiger partial charge in [0.2, 0.25) is 11.6 Å². The van der Waals surface area contributed by atoms with E-state index in [9.17, 15) is 13.0 Å². The molecule has 0 unspecified atom stereocenters. The van der Waals surface area contributed by atoms with Crippen LogP contribution in [0.5, 0.6) is 0 Å². The average Bonchev–Trinajstić information content (AvgIpc) is 2.55. The molecule has 8 nitrogen and oxygen atoms in total. The SMILES string of the molecule is Nc1ccccc1-c1nnc(-c2ccc(S(=O)(=O)[O-])cc2)nn1.[Na+]. The Hall–Kier alpha value is -1.91. The summed E-state index contributed by atoms with van der Waals surface area (Å²) in [5.41, 5.74) is 7.45. The van der Waals surface area contributed by atoms with E-state index in [0.717, 1.165) is 0 Å². The molecule has 116 valence electrons. The number of hydrogen-bond acceptors (Lipinski definition) is 8. The van der Waals surface area contributed by atoms with Gasteiger partial charge in [0.25, 0.3) is 0 Å². The zero-order chi connectivity index (χ0) is 16.4. The van der Waals surface area contributed by atoms with Gasteiger partial charge in [-0.05, 0) is 36.4 Å². The van der Waals surface area contributed by atoms with E-state index in [1.807, 2.05) is 0 Å². The Labute approximate surface area is 160 Å². The van der Waals surface area contributed by atoms with Crippen LogP contribution in [0.2, 0.25) is 0 Å². The normalized spacial score (nSPS) is 10.9. The van der Waals surface area contributed by atoms with Gasteiger partial charge in [-0.25, -0.2) is 8.42 Å². The number of anilines is 1. The Balaban J connectivity index is 0.00000208. The minimum atomic E-state index is -4.49. The first-order valence-corrected chi connectivity index (χ1v) is 7.84. The molecule has 2 aromatic carbocycles. The van der Waals surface area contributed by atoms with Gasteiger partial charge in [-0.2, -0.15) is 0 Å². The Morgan fingerprint density at radius 1 is 0.833 bits per heavy atom. The van der Waals surface area contributed by atoms with Crippen molar-refractivity contribution < 1.29 is 42.5 Å². The summed E-state index contributed by atoms with van der Waals surface area (Å²) in [5, 5.41) is 15.9. The first-order valence-electron chi connectivity index (χ1n) is 6.44. The zero-order valence-electron chi connectivity index (χ0n) is 12.6. The molecular weight excluding hydrogens is 341 g/mol. The minimum absolute atomic E-state index is 0. The number of rotatable bonds is 3. The maximum atomic E-state index is 10.9. The third kappa shape index (κ3) is 3.94. The maximum absolute atomic E-state index is 10.9. The Kier molecular flexibility index (Phi) is 5.62. The second-order valence-electron chi connectivity index (χ2n) is 4.61. The molecule has 0 aliphatic rings. The van der Waals surface area contributed by atoms with Crippen LogP contribution in [0, 0.1) is 0 Å². The first-order chi connectivity index (χ1) is 10.9. The third-order valence-electron chi connectivity index (χ3n) is 3.08. The van der Waals surface area contributed by atoms with Gasteiger partial charge in [0, 0.05) is 16.8 Å². The van der Waals surface area contributed by atoms with Crippen molar-refractivity contribution in [2.45, 2.75) is 4.90 Å². The number of nitrogens with zero attached hydrogens (tertiary/aromatic N) is 4. The molecule has 0 bridgehead atoms. The van der Waals surface area contributed by atoms with Gasteiger partial charge in [0.05, 0.1) is 4.90 Å². The Morgan fingerprint density at radius 3 is 1.92 bits per heavy atom. The van der Waals surface area contributed by atoms with Gasteiger partial charge in [-0.15, -0.1) is 20.4 Å². The van der Waals surface area contributed by atoms with E-state index in [2.05, 4.69) is 20.4 Å². The molecule has 0 atom stereocenters. The van der Waals surface area contributed by atoms with E-state index in [0.29, 0.717) is 16.8 Å². The first kappa shape index (κ1) is 18.4. The van der Waals surface area contributed by atoms with E-state index in [1.165, 1.54) is 24.3 Å². The molecule has 24 heavy (non-hydrogen) atoms. The largest absolute Gasteiger partial charge is 1.00 e. The quantitative estimate of drug-likeness (QED) is 0.328. The summed E-state index contributed by atoms with van der Waals surface area (Å²) in [6.07, 6.45) is 0. The molecule has 0 aliphatic carbocycles. The number of benzene rings is 2. The van der Waals surface area contributed by atoms with E-state index in [-0.39, 0.29) is 46.1 Å². The van der Waals surface area contributed by atoms with Gasteiger partial charge in [-0.3, -0.25) is 0 Å². The van der Waals surface area contributed by atoms with E-state index < -0.39 is 10.1 Å². The van der Waals surface area contributed by atoms with Crippen LogP contribution < -0.4 is 35.3 Å². The second kappa shape index (κ2) is 7.32. The van der Waals surface area contributed by atoms with Crippen molar-refractivity contribution in [1.29, 1.82) is 0 Å². The molecule has 0 spiro atoms. The van der Waals surface area contributed by atoms with E-state index in [4.69, 9.17) is 5.73 Å². The number of nitrogen functional groups attached to an aromatic ring is 1. The fraction of sp³-hybridized carbons (Fsp3) is 0. The monoisotopic (exact) mass is 351 g/mol. The molecule has 3 rings (SSSR count). The molecule has 3 aromatic rings. The van der Waals surface area contributed by atoms with Crippen LogP contribution >= 0.6 is 0 Å². The summed E-state index contributed by atoms with van der Waals surface area (Å²) in [7, 11) is -4.49. The molecule has 0 amide bonds. The zero-order valence-corrected chi connectivity index (χ0v) is 15.4. The van der Waals surface area contributed by atoms with Crippen molar-refractivity contribution in [3.05, 3.63) is 48.5 Å². The molecule has 0 fully saturated rings. The maximum Gasteiger partial charge on any atom is 1.00 e. The number of nitrogens with two attached hydrogens (primary N) is 1. The van der Waals surface area contributed by atoms with Crippen molar-refractivity contribution in [3.63, 3.8) is 0 Å². The summed E-state index contributed by atoms with van der Waals surface area (Å²) in [6.45, 7) is 0. The van der Waals surface area contributed by atoms with Crippen LogP contribution in [0.3, 0.4) is 0 Å². The van der Waals surface area contributed by atoms with Crippen molar-refractivity contribution in [2.75, 3.05) is 5.73 Å². The van der Waals surface area contributed by atoms with E-state index >= 15 is 0 Å². The molecule has 0 saturated heterocycles. The molecule has 2 N–H and O–H groups in total.